The summed E-state index contributed by atoms with van der Waals surface area (Å²) >= 11 is 0. The number of carboxylic acid groups (broad SMARTS) is 1. The second kappa shape index (κ2) is 10.9. The Hall–Kier alpha value is -2.99. The molecule has 6 nitrogen and oxygen atoms in total. The summed E-state index contributed by atoms with van der Waals surface area (Å²) < 4.78 is 2.00. The van der Waals surface area contributed by atoms with Gasteiger partial charge in [-0.25, -0.2) is 4.98 Å². The van der Waals surface area contributed by atoms with E-state index in [1.807, 2.05) is 69.7 Å². The molecule has 0 aliphatic rings. The van der Waals surface area contributed by atoms with Crippen molar-refractivity contribution in [3.8, 4) is 0 Å². The zero-order chi connectivity index (χ0) is 23.1. The zero-order valence-corrected chi connectivity index (χ0v) is 19.3. The molecule has 1 heterocycles. The van der Waals surface area contributed by atoms with Crippen LogP contribution in [0.15, 0.2) is 48.1 Å². The summed E-state index contributed by atoms with van der Waals surface area (Å²) in [6.07, 6.45) is 7.66. The molecular formula is C25H33N3O3. The summed E-state index contributed by atoms with van der Waals surface area (Å²) in [6, 6.07) is 5.39. The van der Waals surface area contributed by atoms with Gasteiger partial charge < -0.3 is 15.0 Å². The first kappa shape index (κ1) is 24.3. The molecule has 0 saturated heterocycles. The minimum absolute atomic E-state index is 0.0247. The standard InChI is InChI=1S/C25H33N3O3/c1-7-9-23(29)17(5)13-19(8-2)24-27-20-14-18(10-11-22(20)28(24)6)15-26-21(25(30)31)12-16(3)4/h7-11,13-14,16,21,26H,12,15H2,1-6H3,(H,30,31)/b9-7-,17-13-,19-8+. The summed E-state index contributed by atoms with van der Waals surface area (Å²) in [5.41, 5.74) is 4.30. The number of aliphatic carboxylic acids is 1. The molecule has 0 fully saturated rings. The summed E-state index contributed by atoms with van der Waals surface area (Å²) in [6.45, 7) is 10.0. The van der Waals surface area contributed by atoms with Crippen molar-refractivity contribution in [1.82, 2.24) is 14.9 Å². The van der Waals surface area contributed by atoms with Gasteiger partial charge in [0.25, 0.3) is 0 Å². The molecular weight excluding hydrogens is 390 g/mol. The highest BCUT2D eigenvalue weighted by Gasteiger charge is 2.18. The van der Waals surface area contributed by atoms with Crippen molar-refractivity contribution in [3.63, 3.8) is 0 Å². The number of rotatable bonds is 10. The Morgan fingerprint density at radius 3 is 2.55 bits per heavy atom. The van der Waals surface area contributed by atoms with E-state index in [1.165, 1.54) is 0 Å². The number of imidazole rings is 1. The molecule has 1 aromatic carbocycles. The number of allylic oxidation sites excluding steroid dienone is 6. The van der Waals surface area contributed by atoms with Crippen LogP contribution in [0.25, 0.3) is 16.6 Å². The van der Waals surface area contributed by atoms with Crippen molar-refractivity contribution in [2.45, 2.75) is 53.6 Å². The number of carbonyl (C=O) groups excluding carboxylic acids is 1. The van der Waals surface area contributed by atoms with Crippen LogP contribution >= 0.6 is 0 Å². The van der Waals surface area contributed by atoms with E-state index in [1.54, 1.807) is 19.1 Å². The van der Waals surface area contributed by atoms with E-state index >= 15 is 0 Å². The Morgan fingerprint density at radius 2 is 1.97 bits per heavy atom. The molecule has 0 aliphatic carbocycles. The molecule has 0 radical (unpaired) electrons. The highest BCUT2D eigenvalue weighted by atomic mass is 16.4. The maximum absolute atomic E-state index is 12.1. The highest BCUT2D eigenvalue weighted by Crippen LogP contribution is 2.23. The fourth-order valence-corrected chi connectivity index (χ4v) is 3.46. The van der Waals surface area contributed by atoms with E-state index in [0.717, 1.165) is 28.0 Å². The maximum Gasteiger partial charge on any atom is 0.320 e. The van der Waals surface area contributed by atoms with Crippen LogP contribution in [-0.4, -0.2) is 32.5 Å². The summed E-state index contributed by atoms with van der Waals surface area (Å²) in [5, 5.41) is 12.6. The topological polar surface area (TPSA) is 84.2 Å². The molecule has 0 amide bonds. The maximum atomic E-state index is 12.1. The monoisotopic (exact) mass is 423 g/mol. The van der Waals surface area contributed by atoms with Gasteiger partial charge >= 0.3 is 5.97 Å². The zero-order valence-electron chi connectivity index (χ0n) is 19.3. The molecule has 166 valence electrons. The molecule has 0 bridgehead atoms. The predicted molar refractivity (Wildman–Crippen MR) is 126 cm³/mol. The smallest absolute Gasteiger partial charge is 0.320 e. The molecule has 2 rings (SSSR count). The van der Waals surface area contributed by atoms with Gasteiger partial charge in [0.05, 0.1) is 11.0 Å². The Morgan fingerprint density at radius 1 is 1.26 bits per heavy atom. The molecule has 2 N–H and O–H groups in total. The number of hydrogen-bond donors (Lipinski definition) is 2. The number of benzene rings is 1. The van der Waals surface area contributed by atoms with E-state index in [0.29, 0.717) is 24.5 Å². The van der Waals surface area contributed by atoms with Gasteiger partial charge in [-0.2, -0.15) is 0 Å². The van der Waals surface area contributed by atoms with Crippen LogP contribution in [0.3, 0.4) is 0 Å². The number of hydrogen-bond acceptors (Lipinski definition) is 4. The third kappa shape index (κ3) is 6.25. The lowest BCUT2D eigenvalue weighted by molar-refractivity contribution is -0.140. The van der Waals surface area contributed by atoms with Gasteiger partial charge in [0.1, 0.15) is 11.9 Å². The third-order valence-corrected chi connectivity index (χ3v) is 5.15. The Kier molecular flexibility index (Phi) is 8.51. The fraction of sp³-hybridized carbons (Fsp3) is 0.400. The number of aryl methyl sites for hydroxylation is 1. The van der Waals surface area contributed by atoms with Crippen LogP contribution in [-0.2, 0) is 23.2 Å². The van der Waals surface area contributed by atoms with Gasteiger partial charge in [0.15, 0.2) is 5.78 Å². The molecule has 0 aliphatic heterocycles. The number of nitrogens with zero attached hydrogens (tertiary/aromatic N) is 2. The SMILES string of the molecule is C/C=C\C(=O)/C(C)=C\C(=C/C)c1nc2cc(CNC(CC(C)C)C(=O)O)ccc2n1C. The minimum atomic E-state index is -0.831. The number of ketones is 1. The molecule has 1 unspecified atom stereocenters. The first-order valence-corrected chi connectivity index (χ1v) is 10.6. The van der Waals surface area contributed by atoms with Gasteiger partial charge in [-0.1, -0.05) is 32.1 Å². The molecule has 2 aromatic rings. The van der Waals surface area contributed by atoms with E-state index in [9.17, 15) is 14.7 Å². The highest BCUT2D eigenvalue weighted by molar-refractivity contribution is 6.05. The third-order valence-electron chi connectivity index (χ3n) is 5.15. The quantitative estimate of drug-likeness (QED) is 0.429. The molecule has 31 heavy (non-hydrogen) atoms. The largest absolute Gasteiger partial charge is 0.480 e. The van der Waals surface area contributed by atoms with E-state index in [-0.39, 0.29) is 5.78 Å². The van der Waals surface area contributed by atoms with Gasteiger partial charge in [-0.15, -0.1) is 0 Å². The van der Waals surface area contributed by atoms with E-state index in [4.69, 9.17) is 4.98 Å². The molecule has 1 atom stereocenters. The minimum Gasteiger partial charge on any atom is -0.480 e. The van der Waals surface area contributed by atoms with Crippen molar-refractivity contribution >= 4 is 28.4 Å². The Balaban J connectivity index is 2.30. The first-order valence-electron chi connectivity index (χ1n) is 10.6. The van der Waals surface area contributed by atoms with Gasteiger partial charge in [0.2, 0.25) is 0 Å². The normalized spacial score (nSPS) is 14.0. The van der Waals surface area contributed by atoms with Crippen LogP contribution in [0.5, 0.6) is 0 Å². The fourth-order valence-electron chi connectivity index (χ4n) is 3.46. The van der Waals surface area contributed by atoms with Crippen LogP contribution in [0.4, 0.5) is 0 Å². The lowest BCUT2D eigenvalue weighted by atomic mass is 10.0. The van der Waals surface area contributed by atoms with Crippen LogP contribution in [0.1, 0.15) is 52.4 Å². The second-order valence-corrected chi connectivity index (χ2v) is 8.15. The van der Waals surface area contributed by atoms with Gasteiger partial charge in [0, 0.05) is 19.2 Å². The number of carbonyl (C=O) groups is 2. The van der Waals surface area contributed by atoms with Crippen LogP contribution < -0.4 is 5.32 Å². The number of fused-ring (bicyclic) bond motifs is 1. The van der Waals surface area contributed by atoms with Crippen molar-refractivity contribution < 1.29 is 14.7 Å². The predicted octanol–water partition coefficient (Wildman–Crippen LogP) is 4.66. The second-order valence-electron chi connectivity index (χ2n) is 8.15. The van der Waals surface area contributed by atoms with Crippen molar-refractivity contribution in [2.24, 2.45) is 13.0 Å². The molecule has 1 aromatic heterocycles. The van der Waals surface area contributed by atoms with Gasteiger partial charge in [-0.3, -0.25) is 9.59 Å². The molecule has 6 heteroatoms. The van der Waals surface area contributed by atoms with Crippen molar-refractivity contribution in [1.29, 1.82) is 0 Å². The molecule has 0 saturated carbocycles. The average Bonchev–Trinajstić information content (AvgIpc) is 3.04. The van der Waals surface area contributed by atoms with E-state index in [2.05, 4.69) is 5.32 Å². The van der Waals surface area contributed by atoms with Crippen molar-refractivity contribution in [3.05, 3.63) is 59.5 Å². The average molecular weight is 424 g/mol. The number of nitrogens with one attached hydrogen (secondary N) is 1. The lowest BCUT2D eigenvalue weighted by Crippen LogP contribution is -2.37. The van der Waals surface area contributed by atoms with Gasteiger partial charge in [-0.05, 0) is 68.5 Å². The van der Waals surface area contributed by atoms with Crippen LogP contribution in [0, 0.1) is 5.92 Å². The summed E-state index contributed by atoms with van der Waals surface area (Å²) in [4.78, 5) is 28.4. The Labute approximate surface area is 184 Å². The molecule has 0 spiro atoms. The first-order chi connectivity index (χ1) is 14.7. The van der Waals surface area contributed by atoms with Crippen molar-refractivity contribution in [2.75, 3.05) is 0 Å². The lowest BCUT2D eigenvalue weighted by Gasteiger charge is -2.16. The number of aromatic nitrogens is 2. The summed E-state index contributed by atoms with van der Waals surface area (Å²) in [5.74, 6) is 0.217. The summed E-state index contributed by atoms with van der Waals surface area (Å²) in [7, 11) is 1.95. The van der Waals surface area contributed by atoms with Crippen LogP contribution in [0.2, 0.25) is 0 Å². The number of carboxylic acids is 1. The van der Waals surface area contributed by atoms with E-state index < -0.39 is 12.0 Å². The Bertz CT molecular complexity index is 1040.